The van der Waals surface area contributed by atoms with Gasteiger partial charge in [-0.25, -0.2) is 14.4 Å². The van der Waals surface area contributed by atoms with Crippen molar-refractivity contribution in [3.05, 3.63) is 36.5 Å². The summed E-state index contributed by atoms with van der Waals surface area (Å²) in [7, 11) is 0. The minimum Gasteiger partial charge on any atom is -0.478 e. The van der Waals surface area contributed by atoms with E-state index in [0.717, 1.165) is 12.8 Å². The first-order chi connectivity index (χ1) is 11.9. The molecule has 0 aromatic carbocycles. The number of hydrogen-bond acceptors (Lipinski definition) is 6. The highest BCUT2D eigenvalue weighted by Crippen LogP contribution is 1.94. The molecule has 0 rings (SSSR count). The highest BCUT2D eigenvalue weighted by atomic mass is 16.5. The number of esters is 1. The number of aliphatic hydroxyl groups is 2. The topological polar surface area (TPSA) is 141 Å². The minimum absolute atomic E-state index is 0.125. The van der Waals surface area contributed by atoms with Crippen molar-refractivity contribution >= 4 is 17.9 Å². The number of aliphatic hydroxyl groups excluding tert-OH is 2. The van der Waals surface area contributed by atoms with Crippen LogP contribution in [0.1, 0.15) is 40.5 Å². The van der Waals surface area contributed by atoms with Gasteiger partial charge >= 0.3 is 17.9 Å². The lowest BCUT2D eigenvalue weighted by Crippen LogP contribution is -2.05. The van der Waals surface area contributed by atoms with E-state index in [4.69, 9.17) is 25.2 Å². The largest absolute Gasteiger partial charge is 0.478 e. The molecule has 26 heavy (non-hydrogen) atoms. The third kappa shape index (κ3) is 37.6. The summed E-state index contributed by atoms with van der Waals surface area (Å²) in [6.07, 6.45) is 1.97. The zero-order valence-corrected chi connectivity index (χ0v) is 16.1. The van der Waals surface area contributed by atoms with Gasteiger partial charge in [0.1, 0.15) is 0 Å². The monoisotopic (exact) mass is 376 g/mol. The second-order valence-electron chi connectivity index (χ2n) is 4.89. The van der Waals surface area contributed by atoms with E-state index in [9.17, 15) is 14.4 Å². The zero-order chi connectivity index (χ0) is 21.7. The van der Waals surface area contributed by atoms with Crippen molar-refractivity contribution in [2.24, 2.45) is 0 Å². The Kier molecular flexibility index (Phi) is 27.2. The van der Waals surface area contributed by atoms with Gasteiger partial charge in [-0.3, -0.25) is 0 Å². The maximum absolute atomic E-state index is 10.7. The van der Waals surface area contributed by atoms with Crippen LogP contribution in [0.5, 0.6) is 0 Å². The molecule has 0 fully saturated rings. The van der Waals surface area contributed by atoms with Crippen molar-refractivity contribution in [3.8, 4) is 0 Å². The van der Waals surface area contributed by atoms with Gasteiger partial charge in [0.05, 0.1) is 19.8 Å². The van der Waals surface area contributed by atoms with Gasteiger partial charge in [0.25, 0.3) is 0 Å². The zero-order valence-electron chi connectivity index (χ0n) is 16.1. The van der Waals surface area contributed by atoms with Crippen molar-refractivity contribution in [3.63, 3.8) is 0 Å². The number of carboxylic acid groups (broad SMARTS) is 2. The fraction of sp³-hybridized carbons (Fsp3) is 0.500. The van der Waals surface area contributed by atoms with Gasteiger partial charge < -0.3 is 25.2 Å². The average Bonchev–Trinajstić information content (AvgIpc) is 2.56. The van der Waals surface area contributed by atoms with E-state index in [-0.39, 0.29) is 30.3 Å². The summed E-state index contributed by atoms with van der Waals surface area (Å²) in [5.74, 6) is -2.15. The molecule has 0 amide bonds. The van der Waals surface area contributed by atoms with Crippen molar-refractivity contribution in [1.82, 2.24) is 0 Å². The number of carbonyl (C=O) groups is 3. The summed E-state index contributed by atoms with van der Waals surface area (Å²) in [4.78, 5) is 29.9. The number of rotatable bonds is 7. The van der Waals surface area contributed by atoms with Crippen LogP contribution in [0.4, 0.5) is 0 Å². The van der Waals surface area contributed by atoms with E-state index in [0.29, 0.717) is 12.2 Å². The molecule has 0 aromatic rings. The van der Waals surface area contributed by atoms with Gasteiger partial charge in [0.2, 0.25) is 0 Å². The molecule has 4 N–H and O–H groups in total. The van der Waals surface area contributed by atoms with E-state index in [1.807, 2.05) is 0 Å². The molecule has 152 valence electrons. The van der Waals surface area contributed by atoms with Crippen LogP contribution in [-0.2, 0) is 19.1 Å². The number of ether oxygens (including phenoxy) is 1. The van der Waals surface area contributed by atoms with E-state index in [1.54, 1.807) is 6.92 Å². The Morgan fingerprint density at radius 2 is 1.12 bits per heavy atom. The molecule has 0 bridgehead atoms. The first kappa shape index (κ1) is 31.3. The third-order valence-electron chi connectivity index (χ3n) is 1.91. The molecule has 0 aromatic heterocycles. The summed E-state index contributed by atoms with van der Waals surface area (Å²) in [6.45, 7) is 16.6. The fourth-order valence-corrected chi connectivity index (χ4v) is 0.432. The Hall–Kier alpha value is -2.45. The molecule has 8 heteroatoms. The van der Waals surface area contributed by atoms with E-state index < -0.39 is 11.9 Å². The fourth-order valence-electron chi connectivity index (χ4n) is 0.432. The Balaban J connectivity index is -0.000000132. The number of unbranched alkanes of at least 4 members (excludes halogenated alkanes) is 1. The predicted molar refractivity (Wildman–Crippen MR) is 99.8 cm³/mol. The molecule has 0 spiro atoms. The maximum Gasteiger partial charge on any atom is 0.333 e. The van der Waals surface area contributed by atoms with Crippen LogP contribution in [0, 0.1) is 0 Å². The van der Waals surface area contributed by atoms with Gasteiger partial charge in [-0.15, -0.1) is 0 Å². The van der Waals surface area contributed by atoms with Gasteiger partial charge in [0, 0.05) is 16.7 Å². The third-order valence-corrected chi connectivity index (χ3v) is 1.91. The quantitative estimate of drug-likeness (QED) is 0.301. The summed E-state index contributed by atoms with van der Waals surface area (Å²) in [6, 6.07) is 0. The molecular formula is C18H32O8. The summed E-state index contributed by atoms with van der Waals surface area (Å²) < 4.78 is 4.81. The Morgan fingerprint density at radius 3 is 1.27 bits per heavy atom. The van der Waals surface area contributed by atoms with Gasteiger partial charge in [0.15, 0.2) is 0 Å². The second-order valence-corrected chi connectivity index (χ2v) is 4.89. The normalized spacial score (nSPS) is 8.08. The second kappa shape index (κ2) is 22.6. The Bertz CT molecular complexity index is 402. The smallest absolute Gasteiger partial charge is 0.333 e. The number of carbonyl (C=O) groups excluding carboxylic acids is 1. The van der Waals surface area contributed by atoms with Crippen LogP contribution in [0.3, 0.4) is 0 Å². The predicted octanol–water partition coefficient (Wildman–Crippen LogP) is 2.17. The lowest BCUT2D eigenvalue weighted by molar-refractivity contribution is -0.139. The molecule has 0 heterocycles. The molecule has 8 nitrogen and oxygen atoms in total. The number of aliphatic carboxylic acids is 2. The number of carboxylic acids is 2. The lowest BCUT2D eigenvalue weighted by atomic mass is 10.3. The molecule has 0 saturated heterocycles. The minimum atomic E-state index is -0.935. The van der Waals surface area contributed by atoms with Gasteiger partial charge in [-0.05, 0) is 27.2 Å². The van der Waals surface area contributed by atoms with Gasteiger partial charge in [-0.1, -0.05) is 33.1 Å². The summed E-state index contributed by atoms with van der Waals surface area (Å²) >= 11 is 0. The van der Waals surface area contributed by atoms with E-state index in [1.165, 1.54) is 13.8 Å². The Morgan fingerprint density at radius 1 is 0.808 bits per heavy atom. The van der Waals surface area contributed by atoms with Gasteiger partial charge in [-0.2, -0.15) is 0 Å². The molecule has 0 unspecified atom stereocenters. The molecular weight excluding hydrogens is 344 g/mol. The Labute approximate surface area is 155 Å². The SMILES string of the molecule is C=C(C)C(=O)O.C=C(C)C(=O)O.C=C(C)C(=O)OCCCC.OCCO. The molecule has 0 atom stereocenters. The lowest BCUT2D eigenvalue weighted by Gasteiger charge is -2.01. The first-order valence-corrected chi connectivity index (χ1v) is 7.70. The molecule has 0 aliphatic carbocycles. The first-order valence-electron chi connectivity index (χ1n) is 7.70. The summed E-state index contributed by atoms with van der Waals surface area (Å²) in [5, 5.41) is 31.0. The summed E-state index contributed by atoms with van der Waals surface area (Å²) in [5.41, 5.74) is 0.820. The van der Waals surface area contributed by atoms with Crippen LogP contribution >= 0.6 is 0 Å². The average molecular weight is 376 g/mol. The van der Waals surface area contributed by atoms with Crippen LogP contribution in [-0.4, -0.2) is 58.2 Å². The van der Waals surface area contributed by atoms with Crippen LogP contribution in [0.25, 0.3) is 0 Å². The van der Waals surface area contributed by atoms with E-state index in [2.05, 4.69) is 26.7 Å². The van der Waals surface area contributed by atoms with Crippen molar-refractivity contribution in [2.45, 2.75) is 40.5 Å². The van der Waals surface area contributed by atoms with E-state index >= 15 is 0 Å². The maximum atomic E-state index is 10.7. The van der Waals surface area contributed by atoms with Crippen molar-refractivity contribution in [2.75, 3.05) is 19.8 Å². The molecule has 0 aliphatic heterocycles. The number of hydrogen-bond donors (Lipinski definition) is 4. The van der Waals surface area contributed by atoms with Crippen molar-refractivity contribution in [1.29, 1.82) is 0 Å². The highest BCUT2D eigenvalue weighted by molar-refractivity contribution is 5.87. The standard InChI is InChI=1S/C8H14O2.2C4H6O2.C2H6O2/c1-4-5-6-10-8(9)7(2)3;2*1-3(2)4(5)6;3-1-2-4/h2,4-6H2,1,3H3;2*1H2,2H3,(H,5,6);3-4H,1-2H2. The van der Waals surface area contributed by atoms with Crippen molar-refractivity contribution < 1.29 is 39.5 Å². The molecule has 0 aliphatic rings. The molecule has 0 saturated carbocycles. The molecule has 0 radical (unpaired) electrons. The van der Waals surface area contributed by atoms with Crippen LogP contribution < -0.4 is 0 Å². The van der Waals surface area contributed by atoms with Crippen LogP contribution in [0.2, 0.25) is 0 Å². The van der Waals surface area contributed by atoms with Crippen LogP contribution in [0.15, 0.2) is 36.5 Å². The highest BCUT2D eigenvalue weighted by Gasteiger charge is 2.00.